The van der Waals surface area contributed by atoms with Gasteiger partial charge >= 0.3 is 0 Å². The van der Waals surface area contributed by atoms with Gasteiger partial charge in [0.2, 0.25) is 5.91 Å². The minimum atomic E-state index is -0.0951. The van der Waals surface area contributed by atoms with Crippen LogP contribution in [0.4, 0.5) is 0 Å². The van der Waals surface area contributed by atoms with Crippen LogP contribution in [0, 0.1) is 11.8 Å². The van der Waals surface area contributed by atoms with Crippen molar-refractivity contribution in [1.82, 2.24) is 10.2 Å². The molecule has 4 nitrogen and oxygen atoms in total. The molecular formula is C23H33ClN2O2. The van der Waals surface area contributed by atoms with Gasteiger partial charge in [0.15, 0.2) is 0 Å². The molecule has 2 unspecified atom stereocenters. The first kappa shape index (κ1) is 20.0. The Balaban J connectivity index is 1.38. The highest BCUT2D eigenvalue weighted by atomic mass is 35.5. The number of carbonyl (C=O) groups excluding carboxylic acids is 2. The molecule has 3 atom stereocenters. The third kappa shape index (κ3) is 4.32. The first-order chi connectivity index (χ1) is 13.6. The van der Waals surface area contributed by atoms with Gasteiger partial charge in [0.05, 0.1) is 11.6 Å². The Morgan fingerprint density at radius 1 is 0.964 bits per heavy atom. The van der Waals surface area contributed by atoms with Gasteiger partial charge in [-0.1, -0.05) is 55.9 Å². The van der Waals surface area contributed by atoms with E-state index in [0.717, 1.165) is 45.1 Å². The average molecular weight is 405 g/mol. The number of nitrogens with one attached hydrogen (secondary N) is 1. The molecule has 154 valence electrons. The van der Waals surface area contributed by atoms with E-state index in [-0.39, 0.29) is 23.8 Å². The summed E-state index contributed by atoms with van der Waals surface area (Å²) >= 11 is 6.57. The van der Waals surface area contributed by atoms with Crippen LogP contribution in [0.15, 0.2) is 22.8 Å². The largest absolute Gasteiger partial charge is 0.349 e. The molecule has 4 aliphatic rings. The van der Waals surface area contributed by atoms with Crippen LogP contribution in [-0.2, 0) is 9.59 Å². The summed E-state index contributed by atoms with van der Waals surface area (Å²) in [5, 5.41) is 3.73. The summed E-state index contributed by atoms with van der Waals surface area (Å²) in [5.41, 5.74) is 0.635. The summed E-state index contributed by atoms with van der Waals surface area (Å²) in [4.78, 5) is 27.8. The smallest absolute Gasteiger partial charge is 0.255 e. The lowest BCUT2D eigenvalue weighted by molar-refractivity contribution is -0.133. The van der Waals surface area contributed by atoms with Crippen molar-refractivity contribution in [3.63, 3.8) is 0 Å². The lowest BCUT2D eigenvalue weighted by Crippen LogP contribution is -2.50. The minimum absolute atomic E-state index is 0.0925. The first-order valence-electron chi connectivity index (χ1n) is 11.3. The number of fused-ring (bicyclic) bond motifs is 1. The Morgan fingerprint density at radius 3 is 2.46 bits per heavy atom. The molecule has 2 saturated carbocycles. The summed E-state index contributed by atoms with van der Waals surface area (Å²) in [5.74, 6) is 1.05. The second-order valence-corrected chi connectivity index (χ2v) is 9.54. The molecule has 1 N–H and O–H groups in total. The van der Waals surface area contributed by atoms with Crippen LogP contribution in [0.1, 0.15) is 77.0 Å². The Labute approximate surface area is 173 Å². The quantitative estimate of drug-likeness (QED) is 0.742. The van der Waals surface area contributed by atoms with Gasteiger partial charge in [0, 0.05) is 30.0 Å². The second kappa shape index (κ2) is 9.02. The number of hydrogen-bond acceptors (Lipinski definition) is 2. The molecule has 4 rings (SSSR count). The third-order valence-corrected chi connectivity index (χ3v) is 7.58. The highest BCUT2D eigenvalue weighted by Gasteiger charge is 2.37. The fourth-order valence-electron chi connectivity index (χ4n) is 5.66. The third-order valence-electron chi connectivity index (χ3n) is 7.22. The lowest BCUT2D eigenvalue weighted by atomic mass is 9.78. The van der Waals surface area contributed by atoms with E-state index >= 15 is 0 Å². The van der Waals surface area contributed by atoms with Crippen molar-refractivity contribution in [2.45, 2.75) is 89.1 Å². The number of likely N-dealkylation sites (tertiary alicyclic amines) is 1. The normalized spacial score (nSPS) is 31.5. The minimum Gasteiger partial charge on any atom is -0.349 e. The van der Waals surface area contributed by atoms with Crippen molar-refractivity contribution in [3.05, 3.63) is 22.8 Å². The van der Waals surface area contributed by atoms with E-state index in [2.05, 4.69) is 10.2 Å². The molecule has 0 spiro atoms. The van der Waals surface area contributed by atoms with Crippen LogP contribution in [-0.4, -0.2) is 35.3 Å². The molecular weight excluding hydrogens is 372 g/mol. The zero-order valence-corrected chi connectivity index (χ0v) is 17.6. The van der Waals surface area contributed by atoms with Crippen molar-refractivity contribution >= 4 is 23.4 Å². The second-order valence-electron chi connectivity index (χ2n) is 9.08. The molecule has 0 radical (unpaired) electrons. The highest BCUT2D eigenvalue weighted by molar-refractivity contribution is 6.32. The van der Waals surface area contributed by atoms with Gasteiger partial charge in [0.1, 0.15) is 0 Å². The van der Waals surface area contributed by atoms with Crippen LogP contribution in [0.3, 0.4) is 0 Å². The molecule has 28 heavy (non-hydrogen) atoms. The van der Waals surface area contributed by atoms with Crippen molar-refractivity contribution in [3.8, 4) is 0 Å². The van der Waals surface area contributed by atoms with Gasteiger partial charge in [0.25, 0.3) is 5.91 Å². The van der Waals surface area contributed by atoms with E-state index in [4.69, 9.17) is 11.6 Å². The first-order valence-corrected chi connectivity index (χ1v) is 11.7. The number of halogens is 1. The topological polar surface area (TPSA) is 49.4 Å². The van der Waals surface area contributed by atoms with Crippen LogP contribution in [0.2, 0.25) is 0 Å². The van der Waals surface area contributed by atoms with Gasteiger partial charge in [-0.25, -0.2) is 0 Å². The molecule has 0 bridgehead atoms. The molecule has 2 amide bonds. The summed E-state index contributed by atoms with van der Waals surface area (Å²) in [6, 6.07) is 0.298. The maximum atomic E-state index is 13.2. The monoisotopic (exact) mass is 404 g/mol. The van der Waals surface area contributed by atoms with E-state index in [0.29, 0.717) is 29.0 Å². The average Bonchev–Trinajstić information content (AvgIpc) is 2.73. The lowest BCUT2D eigenvalue weighted by Gasteiger charge is -2.44. The number of piperidine rings is 1. The molecule has 1 heterocycles. The number of hydrogen-bond donors (Lipinski definition) is 1. The molecule has 0 aromatic heterocycles. The molecule has 1 saturated heterocycles. The molecule has 3 aliphatic carbocycles. The SMILES string of the molecule is O=C(NC1C=CC(C(=O)N2CCCC3CCCC[C@H]32)=C(Cl)C1)C1CCCCC1. The van der Waals surface area contributed by atoms with Gasteiger partial charge in [-0.2, -0.15) is 0 Å². The van der Waals surface area contributed by atoms with Gasteiger partial charge < -0.3 is 10.2 Å². The van der Waals surface area contributed by atoms with E-state index < -0.39 is 0 Å². The van der Waals surface area contributed by atoms with Crippen LogP contribution >= 0.6 is 11.6 Å². The van der Waals surface area contributed by atoms with Gasteiger partial charge in [-0.3, -0.25) is 9.59 Å². The summed E-state index contributed by atoms with van der Waals surface area (Å²) < 4.78 is 0. The van der Waals surface area contributed by atoms with Crippen molar-refractivity contribution in [2.75, 3.05) is 6.54 Å². The number of carbonyl (C=O) groups is 2. The Hall–Kier alpha value is -1.29. The fourth-order valence-corrected chi connectivity index (χ4v) is 5.97. The Morgan fingerprint density at radius 2 is 1.68 bits per heavy atom. The number of rotatable bonds is 3. The zero-order valence-electron chi connectivity index (χ0n) is 16.8. The molecule has 0 aromatic carbocycles. The van der Waals surface area contributed by atoms with Gasteiger partial charge in [-0.05, 0) is 44.4 Å². The molecule has 1 aliphatic heterocycles. The maximum Gasteiger partial charge on any atom is 0.255 e. The number of amides is 2. The van der Waals surface area contributed by atoms with E-state index in [1.54, 1.807) is 0 Å². The predicted molar refractivity (Wildman–Crippen MR) is 112 cm³/mol. The summed E-state index contributed by atoms with van der Waals surface area (Å²) in [6.07, 6.45) is 17.1. The summed E-state index contributed by atoms with van der Waals surface area (Å²) in [6.45, 7) is 0.851. The molecule has 5 heteroatoms. The van der Waals surface area contributed by atoms with Crippen molar-refractivity contribution in [2.24, 2.45) is 11.8 Å². The van der Waals surface area contributed by atoms with Crippen LogP contribution in [0.5, 0.6) is 0 Å². The standard InChI is InChI=1S/C23H33ClN2O2/c24-20-15-18(25-22(27)17-8-2-1-3-9-17)12-13-19(20)23(28)26-14-6-10-16-7-4-5-11-21(16)26/h12-13,16-18,21H,1-11,14-15H2,(H,25,27)/t16?,18?,21-/m1/s1. The maximum absolute atomic E-state index is 13.2. The zero-order chi connectivity index (χ0) is 19.5. The van der Waals surface area contributed by atoms with Crippen LogP contribution in [0.25, 0.3) is 0 Å². The molecule has 3 fully saturated rings. The summed E-state index contributed by atoms with van der Waals surface area (Å²) in [7, 11) is 0. The predicted octanol–water partition coefficient (Wildman–Crippen LogP) is 4.69. The molecule has 0 aromatic rings. The van der Waals surface area contributed by atoms with E-state index in [9.17, 15) is 9.59 Å². The van der Waals surface area contributed by atoms with Crippen molar-refractivity contribution < 1.29 is 9.59 Å². The highest BCUT2D eigenvalue weighted by Crippen LogP contribution is 2.37. The Kier molecular flexibility index (Phi) is 6.45. The van der Waals surface area contributed by atoms with E-state index in [1.807, 2.05) is 12.2 Å². The number of nitrogens with zero attached hydrogens (tertiary/aromatic N) is 1. The van der Waals surface area contributed by atoms with Gasteiger partial charge in [-0.15, -0.1) is 0 Å². The van der Waals surface area contributed by atoms with E-state index in [1.165, 1.54) is 32.1 Å². The van der Waals surface area contributed by atoms with Crippen LogP contribution < -0.4 is 5.32 Å². The Bertz CT molecular complexity index is 664. The van der Waals surface area contributed by atoms with Crippen molar-refractivity contribution in [1.29, 1.82) is 0 Å². The fraction of sp³-hybridized carbons (Fsp3) is 0.739.